The molecule has 0 unspecified atom stereocenters. The SMILES string of the molecule is CCOC(=O)[C@H]1CCCN(C(=O)c2cn(C)nc2CC)C1. The van der Waals surface area contributed by atoms with Crippen LogP contribution < -0.4 is 0 Å². The third-order valence-electron chi connectivity index (χ3n) is 3.80. The Bertz CT molecular complexity index is 524. The minimum Gasteiger partial charge on any atom is -0.466 e. The van der Waals surface area contributed by atoms with E-state index in [-0.39, 0.29) is 17.8 Å². The second-order valence-corrected chi connectivity index (χ2v) is 5.36. The first-order valence-corrected chi connectivity index (χ1v) is 7.55. The predicted octanol–water partition coefficient (Wildman–Crippen LogP) is 1.40. The largest absolute Gasteiger partial charge is 0.466 e. The summed E-state index contributed by atoms with van der Waals surface area (Å²) in [6, 6.07) is 0. The Balaban J connectivity index is 2.10. The summed E-state index contributed by atoms with van der Waals surface area (Å²) in [4.78, 5) is 26.2. The molecule has 21 heavy (non-hydrogen) atoms. The zero-order valence-corrected chi connectivity index (χ0v) is 13.0. The van der Waals surface area contributed by atoms with Crippen LogP contribution in [0.4, 0.5) is 0 Å². The summed E-state index contributed by atoms with van der Waals surface area (Å²) in [5.41, 5.74) is 1.45. The predicted molar refractivity (Wildman–Crippen MR) is 77.8 cm³/mol. The van der Waals surface area contributed by atoms with Crippen molar-refractivity contribution in [1.29, 1.82) is 0 Å². The zero-order valence-electron chi connectivity index (χ0n) is 13.0. The highest BCUT2D eigenvalue weighted by atomic mass is 16.5. The molecule has 0 spiro atoms. The van der Waals surface area contributed by atoms with E-state index in [0.29, 0.717) is 25.3 Å². The lowest BCUT2D eigenvalue weighted by Crippen LogP contribution is -2.43. The van der Waals surface area contributed by atoms with Crippen LogP contribution in [0.3, 0.4) is 0 Å². The van der Waals surface area contributed by atoms with Crippen molar-refractivity contribution < 1.29 is 14.3 Å². The maximum absolute atomic E-state index is 12.6. The molecule has 2 rings (SSSR count). The number of carbonyl (C=O) groups is 2. The van der Waals surface area contributed by atoms with Gasteiger partial charge in [0, 0.05) is 26.3 Å². The van der Waals surface area contributed by atoms with Crippen LogP contribution in [0, 0.1) is 5.92 Å². The van der Waals surface area contributed by atoms with Crippen molar-refractivity contribution in [3.63, 3.8) is 0 Å². The average Bonchev–Trinajstić information content (AvgIpc) is 2.88. The molecule has 1 aromatic heterocycles. The molecule has 0 N–H and O–H groups in total. The van der Waals surface area contributed by atoms with Gasteiger partial charge < -0.3 is 9.64 Å². The first-order valence-electron chi connectivity index (χ1n) is 7.55. The van der Waals surface area contributed by atoms with E-state index in [1.54, 1.807) is 22.7 Å². The Labute approximate surface area is 125 Å². The van der Waals surface area contributed by atoms with E-state index < -0.39 is 0 Å². The van der Waals surface area contributed by atoms with Gasteiger partial charge >= 0.3 is 5.97 Å². The summed E-state index contributed by atoms with van der Waals surface area (Å²) >= 11 is 0. The van der Waals surface area contributed by atoms with Crippen LogP contribution in [0.5, 0.6) is 0 Å². The average molecular weight is 293 g/mol. The Kier molecular flexibility index (Phi) is 4.98. The molecule has 1 aromatic rings. The van der Waals surface area contributed by atoms with Gasteiger partial charge in [-0.2, -0.15) is 5.10 Å². The van der Waals surface area contributed by atoms with Crippen molar-refractivity contribution in [2.45, 2.75) is 33.1 Å². The van der Waals surface area contributed by atoms with Gasteiger partial charge in [-0.15, -0.1) is 0 Å². The topological polar surface area (TPSA) is 64.4 Å². The van der Waals surface area contributed by atoms with Crippen LogP contribution in [0.1, 0.15) is 42.7 Å². The molecular formula is C15H23N3O3. The Hall–Kier alpha value is -1.85. The molecule has 1 aliphatic heterocycles. The van der Waals surface area contributed by atoms with Crippen molar-refractivity contribution in [2.24, 2.45) is 13.0 Å². The van der Waals surface area contributed by atoms with E-state index in [4.69, 9.17) is 4.74 Å². The number of carbonyl (C=O) groups excluding carboxylic acids is 2. The molecule has 6 heteroatoms. The summed E-state index contributed by atoms with van der Waals surface area (Å²) < 4.78 is 6.74. The van der Waals surface area contributed by atoms with E-state index in [9.17, 15) is 9.59 Å². The van der Waals surface area contributed by atoms with E-state index in [1.807, 2.05) is 14.0 Å². The van der Waals surface area contributed by atoms with Gasteiger partial charge in [0.15, 0.2) is 0 Å². The molecular weight excluding hydrogens is 270 g/mol. The zero-order chi connectivity index (χ0) is 15.4. The first kappa shape index (κ1) is 15.5. The molecule has 0 aromatic carbocycles. The smallest absolute Gasteiger partial charge is 0.310 e. The summed E-state index contributed by atoms with van der Waals surface area (Å²) in [5.74, 6) is -0.435. The number of rotatable bonds is 4. The van der Waals surface area contributed by atoms with Gasteiger partial charge in [0.1, 0.15) is 0 Å². The number of hydrogen-bond acceptors (Lipinski definition) is 4. The second-order valence-electron chi connectivity index (χ2n) is 5.36. The normalized spacial score (nSPS) is 18.6. The summed E-state index contributed by atoms with van der Waals surface area (Å²) in [5, 5.41) is 4.31. The van der Waals surface area contributed by atoms with E-state index in [1.165, 1.54) is 0 Å². The molecule has 0 radical (unpaired) electrons. The minimum atomic E-state index is -0.204. The minimum absolute atomic E-state index is 0.0334. The summed E-state index contributed by atoms with van der Waals surface area (Å²) in [6.45, 7) is 5.29. The summed E-state index contributed by atoms with van der Waals surface area (Å²) in [7, 11) is 1.81. The molecule has 1 fully saturated rings. The molecule has 6 nitrogen and oxygen atoms in total. The van der Waals surface area contributed by atoms with Crippen LogP contribution in [0.15, 0.2) is 6.20 Å². The number of piperidine rings is 1. The number of hydrogen-bond donors (Lipinski definition) is 0. The number of likely N-dealkylation sites (tertiary alicyclic amines) is 1. The van der Waals surface area contributed by atoms with Gasteiger partial charge in [-0.05, 0) is 26.2 Å². The van der Waals surface area contributed by atoms with Crippen LogP contribution >= 0.6 is 0 Å². The van der Waals surface area contributed by atoms with Gasteiger partial charge in [0.25, 0.3) is 5.91 Å². The third kappa shape index (κ3) is 3.43. The standard InChI is InChI=1S/C15H23N3O3/c1-4-13-12(10-17(3)16-13)14(19)18-8-6-7-11(9-18)15(20)21-5-2/h10-11H,4-9H2,1-3H3/t11-/m0/s1. The molecule has 1 saturated heterocycles. The van der Waals surface area contributed by atoms with Crippen LogP contribution in [0.2, 0.25) is 0 Å². The van der Waals surface area contributed by atoms with Gasteiger partial charge in [-0.25, -0.2) is 0 Å². The molecule has 0 aliphatic carbocycles. The van der Waals surface area contributed by atoms with Crippen molar-refractivity contribution in [1.82, 2.24) is 14.7 Å². The fraction of sp³-hybridized carbons (Fsp3) is 0.667. The van der Waals surface area contributed by atoms with Crippen LogP contribution in [-0.2, 0) is 23.0 Å². The molecule has 116 valence electrons. The van der Waals surface area contributed by atoms with E-state index in [2.05, 4.69) is 5.10 Å². The molecule has 0 bridgehead atoms. The number of amides is 1. The molecule has 1 amide bonds. The monoisotopic (exact) mass is 293 g/mol. The van der Waals surface area contributed by atoms with Gasteiger partial charge in [-0.3, -0.25) is 14.3 Å². The van der Waals surface area contributed by atoms with Crippen molar-refractivity contribution in [3.8, 4) is 0 Å². The molecule has 2 heterocycles. The number of aromatic nitrogens is 2. The van der Waals surface area contributed by atoms with E-state index in [0.717, 1.165) is 25.0 Å². The lowest BCUT2D eigenvalue weighted by molar-refractivity contribution is -0.149. The van der Waals surface area contributed by atoms with Gasteiger partial charge in [0.05, 0.1) is 23.8 Å². The van der Waals surface area contributed by atoms with E-state index >= 15 is 0 Å². The maximum atomic E-state index is 12.6. The van der Waals surface area contributed by atoms with Gasteiger partial charge in [0.2, 0.25) is 0 Å². The first-order chi connectivity index (χ1) is 10.1. The highest BCUT2D eigenvalue weighted by Gasteiger charge is 2.31. The van der Waals surface area contributed by atoms with Crippen molar-refractivity contribution in [2.75, 3.05) is 19.7 Å². The Morgan fingerprint density at radius 1 is 1.43 bits per heavy atom. The highest BCUT2D eigenvalue weighted by Crippen LogP contribution is 2.21. The Morgan fingerprint density at radius 3 is 2.86 bits per heavy atom. The fourth-order valence-corrected chi connectivity index (χ4v) is 2.76. The van der Waals surface area contributed by atoms with Crippen LogP contribution in [-0.4, -0.2) is 46.3 Å². The quantitative estimate of drug-likeness (QED) is 0.787. The number of aryl methyl sites for hydroxylation is 2. The number of esters is 1. The highest BCUT2D eigenvalue weighted by molar-refractivity contribution is 5.95. The third-order valence-corrected chi connectivity index (χ3v) is 3.80. The summed E-state index contributed by atoms with van der Waals surface area (Å²) in [6.07, 6.45) is 4.10. The van der Waals surface area contributed by atoms with Crippen molar-refractivity contribution in [3.05, 3.63) is 17.5 Å². The number of nitrogens with zero attached hydrogens (tertiary/aromatic N) is 3. The van der Waals surface area contributed by atoms with Crippen LogP contribution in [0.25, 0.3) is 0 Å². The lowest BCUT2D eigenvalue weighted by atomic mass is 9.97. The van der Waals surface area contributed by atoms with Crippen molar-refractivity contribution >= 4 is 11.9 Å². The molecule has 1 atom stereocenters. The number of ether oxygens (including phenoxy) is 1. The second kappa shape index (κ2) is 6.74. The van der Waals surface area contributed by atoms with Gasteiger partial charge in [-0.1, -0.05) is 6.92 Å². The lowest BCUT2D eigenvalue weighted by Gasteiger charge is -2.31. The Morgan fingerprint density at radius 2 is 2.19 bits per heavy atom. The molecule has 1 aliphatic rings. The molecule has 0 saturated carbocycles. The fourth-order valence-electron chi connectivity index (χ4n) is 2.76. The maximum Gasteiger partial charge on any atom is 0.310 e.